The molecule has 1 aliphatic heterocycles. The molecule has 0 aromatic heterocycles. The van der Waals surface area contributed by atoms with Gasteiger partial charge in [0.1, 0.15) is 5.54 Å². The van der Waals surface area contributed by atoms with Gasteiger partial charge in [0, 0.05) is 17.8 Å². The molecule has 3 N–H and O–H groups in total. The summed E-state index contributed by atoms with van der Waals surface area (Å²) in [5.41, 5.74) is -0.580. The summed E-state index contributed by atoms with van der Waals surface area (Å²) < 4.78 is 27.6. The molecule has 10 nitrogen and oxygen atoms in total. The summed E-state index contributed by atoms with van der Waals surface area (Å²) in [7, 11) is -4.07. The Morgan fingerprint density at radius 1 is 1.11 bits per heavy atom. The second-order valence-corrected chi connectivity index (χ2v) is 8.07. The van der Waals surface area contributed by atoms with Crippen LogP contribution in [-0.4, -0.2) is 25.3 Å². The van der Waals surface area contributed by atoms with Crippen molar-refractivity contribution in [1.82, 2.24) is 10.6 Å². The molecule has 28 heavy (non-hydrogen) atoms. The zero-order valence-corrected chi connectivity index (χ0v) is 15.7. The van der Waals surface area contributed by atoms with E-state index in [9.17, 15) is 28.1 Å². The number of anilines is 1. The Kier molecular flexibility index (Phi) is 4.55. The van der Waals surface area contributed by atoms with Crippen molar-refractivity contribution in [3.63, 3.8) is 0 Å². The largest absolute Gasteiger partial charge is 0.322 e. The van der Waals surface area contributed by atoms with Crippen molar-refractivity contribution in [3.8, 4) is 0 Å². The van der Waals surface area contributed by atoms with Crippen molar-refractivity contribution < 1.29 is 22.9 Å². The van der Waals surface area contributed by atoms with Crippen molar-refractivity contribution >= 4 is 33.3 Å². The minimum absolute atomic E-state index is 0.197. The van der Waals surface area contributed by atoms with Crippen LogP contribution in [0.5, 0.6) is 0 Å². The highest BCUT2D eigenvalue weighted by Gasteiger charge is 2.43. The molecule has 1 unspecified atom stereocenters. The number of nitro benzene ring substituents is 1. The van der Waals surface area contributed by atoms with Gasteiger partial charge in [-0.15, -0.1) is 0 Å². The van der Waals surface area contributed by atoms with E-state index >= 15 is 0 Å². The van der Waals surface area contributed by atoms with Crippen LogP contribution in [0, 0.1) is 17.0 Å². The Morgan fingerprint density at radius 3 is 2.29 bits per heavy atom. The maximum Gasteiger partial charge on any atom is 0.322 e. The first-order chi connectivity index (χ1) is 13.0. The van der Waals surface area contributed by atoms with Gasteiger partial charge in [-0.05, 0) is 37.1 Å². The fraction of sp³-hybridized carbons (Fsp3) is 0.176. The first-order valence-corrected chi connectivity index (χ1v) is 9.53. The van der Waals surface area contributed by atoms with Crippen molar-refractivity contribution in [2.75, 3.05) is 4.72 Å². The number of carbonyl (C=O) groups is 2. The van der Waals surface area contributed by atoms with Crippen LogP contribution in [-0.2, 0) is 20.4 Å². The minimum Gasteiger partial charge on any atom is -0.320 e. The van der Waals surface area contributed by atoms with Gasteiger partial charge >= 0.3 is 6.03 Å². The monoisotopic (exact) mass is 404 g/mol. The highest BCUT2D eigenvalue weighted by molar-refractivity contribution is 7.92. The predicted molar refractivity (Wildman–Crippen MR) is 99.1 cm³/mol. The SMILES string of the molecule is Cc1ccc([N+](=O)[O-])cc1S(=O)(=O)Nc1ccc(C2(C)NC(=O)NC2=O)cc1. The molecule has 146 valence electrons. The van der Waals surface area contributed by atoms with Crippen LogP contribution >= 0.6 is 0 Å². The fourth-order valence-corrected chi connectivity index (χ4v) is 4.14. The van der Waals surface area contributed by atoms with E-state index in [2.05, 4.69) is 15.4 Å². The molecule has 0 aliphatic carbocycles. The number of carbonyl (C=O) groups excluding carboxylic acids is 2. The summed E-state index contributed by atoms with van der Waals surface area (Å²) in [6, 6.07) is 8.84. The number of hydrogen-bond donors (Lipinski definition) is 3. The number of sulfonamides is 1. The molecule has 1 saturated heterocycles. The molecule has 1 heterocycles. The normalized spacial score (nSPS) is 19.1. The second kappa shape index (κ2) is 6.60. The molecule has 1 atom stereocenters. The Morgan fingerprint density at radius 2 is 1.75 bits per heavy atom. The van der Waals surface area contributed by atoms with E-state index in [1.807, 2.05) is 0 Å². The molecule has 3 rings (SSSR count). The van der Waals surface area contributed by atoms with Crippen molar-refractivity contribution in [2.45, 2.75) is 24.3 Å². The summed E-state index contributed by atoms with van der Waals surface area (Å²) in [6.45, 7) is 3.06. The maximum absolute atomic E-state index is 12.6. The van der Waals surface area contributed by atoms with Gasteiger partial charge in [-0.3, -0.25) is 24.9 Å². The van der Waals surface area contributed by atoms with Gasteiger partial charge in [0.05, 0.1) is 9.82 Å². The van der Waals surface area contributed by atoms with Crippen LogP contribution in [0.1, 0.15) is 18.1 Å². The van der Waals surface area contributed by atoms with Gasteiger partial charge in [-0.2, -0.15) is 0 Å². The average Bonchev–Trinajstić information content (AvgIpc) is 2.88. The summed E-state index contributed by atoms with van der Waals surface area (Å²) in [4.78, 5) is 33.4. The molecule has 1 fully saturated rings. The first kappa shape index (κ1) is 19.3. The summed E-state index contributed by atoms with van der Waals surface area (Å²) in [5, 5.41) is 15.6. The average molecular weight is 404 g/mol. The number of nitrogens with one attached hydrogen (secondary N) is 3. The van der Waals surface area contributed by atoms with Crippen LogP contribution in [0.4, 0.5) is 16.2 Å². The van der Waals surface area contributed by atoms with Gasteiger partial charge in [0.15, 0.2) is 0 Å². The van der Waals surface area contributed by atoms with Crippen molar-refractivity contribution in [1.29, 1.82) is 0 Å². The highest BCUT2D eigenvalue weighted by atomic mass is 32.2. The van der Waals surface area contributed by atoms with Crippen LogP contribution in [0.25, 0.3) is 0 Å². The summed E-state index contributed by atoms with van der Waals surface area (Å²) in [5.74, 6) is -0.516. The number of aryl methyl sites for hydroxylation is 1. The zero-order chi connectivity index (χ0) is 20.7. The number of hydrogen-bond acceptors (Lipinski definition) is 6. The van der Waals surface area contributed by atoms with Crippen molar-refractivity contribution in [2.24, 2.45) is 0 Å². The molecule has 2 aromatic carbocycles. The van der Waals surface area contributed by atoms with E-state index in [1.165, 1.54) is 50.2 Å². The molecule has 0 spiro atoms. The summed E-state index contributed by atoms with van der Waals surface area (Å²) in [6.07, 6.45) is 0. The standard InChI is InChI=1S/C17H16N4O6S/c1-10-3-8-13(21(24)25)9-14(10)28(26,27)20-12-6-4-11(5-7-12)17(2)15(22)18-16(23)19-17/h3-9,20H,1-2H3,(H2,18,19,22,23). The van der Waals surface area contributed by atoms with E-state index < -0.39 is 32.4 Å². The molecule has 0 radical (unpaired) electrons. The Labute approximate surface area is 160 Å². The lowest BCUT2D eigenvalue weighted by Gasteiger charge is -2.21. The number of benzene rings is 2. The van der Waals surface area contributed by atoms with Gasteiger partial charge in [-0.1, -0.05) is 18.2 Å². The van der Waals surface area contributed by atoms with Crippen LogP contribution in [0.3, 0.4) is 0 Å². The van der Waals surface area contributed by atoms with E-state index in [0.29, 0.717) is 11.1 Å². The molecular formula is C17H16N4O6S. The van der Waals surface area contributed by atoms with Crippen LogP contribution in [0.15, 0.2) is 47.4 Å². The van der Waals surface area contributed by atoms with Crippen LogP contribution in [0.2, 0.25) is 0 Å². The predicted octanol–water partition coefficient (Wildman–Crippen LogP) is 1.76. The van der Waals surface area contributed by atoms with Crippen molar-refractivity contribution in [3.05, 3.63) is 63.7 Å². The van der Waals surface area contributed by atoms with E-state index in [-0.39, 0.29) is 16.3 Å². The molecule has 0 saturated carbocycles. The Hall–Kier alpha value is -3.47. The molecule has 1 aliphatic rings. The molecule has 0 bridgehead atoms. The van der Waals surface area contributed by atoms with Crippen LogP contribution < -0.4 is 15.4 Å². The topological polar surface area (TPSA) is 148 Å². The Balaban J connectivity index is 1.88. The second-order valence-electron chi connectivity index (χ2n) is 6.42. The molecule has 2 aromatic rings. The van der Waals surface area contributed by atoms with E-state index in [1.54, 1.807) is 0 Å². The van der Waals surface area contributed by atoms with E-state index in [4.69, 9.17) is 0 Å². The number of non-ortho nitro benzene ring substituents is 1. The number of imide groups is 1. The smallest absolute Gasteiger partial charge is 0.320 e. The highest BCUT2D eigenvalue weighted by Crippen LogP contribution is 2.27. The fourth-order valence-electron chi connectivity index (χ4n) is 2.82. The Bertz CT molecular complexity index is 1100. The maximum atomic E-state index is 12.6. The molecular weight excluding hydrogens is 388 g/mol. The number of nitro groups is 1. The molecule has 3 amide bonds. The van der Waals surface area contributed by atoms with Gasteiger partial charge in [0.25, 0.3) is 21.6 Å². The molecule has 11 heteroatoms. The summed E-state index contributed by atoms with van der Waals surface area (Å²) >= 11 is 0. The number of urea groups is 1. The van der Waals surface area contributed by atoms with Gasteiger partial charge in [0.2, 0.25) is 0 Å². The quantitative estimate of drug-likeness (QED) is 0.393. The zero-order valence-electron chi connectivity index (χ0n) is 14.8. The number of nitrogens with zero attached hydrogens (tertiary/aromatic N) is 1. The first-order valence-electron chi connectivity index (χ1n) is 8.05. The minimum atomic E-state index is -4.07. The number of rotatable bonds is 5. The lowest BCUT2D eigenvalue weighted by molar-refractivity contribution is -0.385. The van der Waals surface area contributed by atoms with Gasteiger partial charge < -0.3 is 5.32 Å². The third-order valence-electron chi connectivity index (χ3n) is 4.43. The third kappa shape index (κ3) is 3.39. The lowest BCUT2D eigenvalue weighted by Crippen LogP contribution is -2.40. The van der Waals surface area contributed by atoms with Gasteiger partial charge in [-0.25, -0.2) is 13.2 Å². The third-order valence-corrected chi connectivity index (χ3v) is 5.95. The van der Waals surface area contributed by atoms with E-state index in [0.717, 1.165) is 6.07 Å². The number of amides is 3. The lowest BCUT2D eigenvalue weighted by atomic mass is 9.92.